The summed E-state index contributed by atoms with van der Waals surface area (Å²) in [4.78, 5) is 14.9. The predicted octanol–water partition coefficient (Wildman–Crippen LogP) is 2.92. The van der Waals surface area contributed by atoms with Gasteiger partial charge in [0.15, 0.2) is 5.69 Å². The van der Waals surface area contributed by atoms with E-state index in [0.717, 1.165) is 24.1 Å². The van der Waals surface area contributed by atoms with Gasteiger partial charge in [-0.3, -0.25) is 9.48 Å². The van der Waals surface area contributed by atoms with Gasteiger partial charge in [-0.05, 0) is 32.3 Å². The van der Waals surface area contributed by atoms with E-state index in [4.69, 9.17) is 4.74 Å². The van der Waals surface area contributed by atoms with Crippen LogP contribution in [-0.4, -0.2) is 59.3 Å². The van der Waals surface area contributed by atoms with Gasteiger partial charge in [0, 0.05) is 49.0 Å². The Balaban J connectivity index is 1.48. The number of ether oxygens (including phenoxy) is 2. The molecule has 4 rings (SSSR count). The fraction of sp³-hybridized carbons (Fsp3) is 0.545. The number of rotatable bonds is 6. The highest BCUT2D eigenvalue weighted by Crippen LogP contribution is 2.28. The first kappa shape index (κ1) is 22.6. The fourth-order valence-electron chi connectivity index (χ4n) is 4.34. The first-order chi connectivity index (χ1) is 15.4. The van der Waals surface area contributed by atoms with Gasteiger partial charge < -0.3 is 19.7 Å². The lowest BCUT2D eigenvalue weighted by Gasteiger charge is -2.28. The summed E-state index contributed by atoms with van der Waals surface area (Å²) >= 11 is 0. The lowest BCUT2D eigenvalue weighted by molar-refractivity contribution is -0.274. The highest BCUT2D eigenvalue weighted by atomic mass is 19.4. The molecule has 1 saturated heterocycles. The summed E-state index contributed by atoms with van der Waals surface area (Å²) in [6.45, 7) is 5.05. The summed E-state index contributed by atoms with van der Waals surface area (Å²) in [6.07, 6.45) is -2.57. The number of nitrogens with one attached hydrogen (secondary N) is 1. The molecule has 174 valence electrons. The largest absolute Gasteiger partial charge is 0.573 e. The summed E-state index contributed by atoms with van der Waals surface area (Å²) in [5.74, 6) is -0.285. The van der Waals surface area contributed by atoms with Gasteiger partial charge >= 0.3 is 6.36 Å². The van der Waals surface area contributed by atoms with Gasteiger partial charge in [-0.1, -0.05) is 18.2 Å². The number of nitrogens with zero attached hydrogens (tertiary/aromatic N) is 3. The van der Waals surface area contributed by atoms with E-state index in [2.05, 4.69) is 15.2 Å². The van der Waals surface area contributed by atoms with Crippen molar-refractivity contribution in [1.82, 2.24) is 20.0 Å². The van der Waals surface area contributed by atoms with Gasteiger partial charge in [0.1, 0.15) is 5.75 Å². The molecule has 0 saturated carbocycles. The molecule has 2 aromatic rings. The standard InChI is InChI=1S/C22H27F3N4O3/c1-2-29-18-8-7-16(26-14-15-5-3-4-6-19(15)32-22(23,24)25)13-17(18)20(27-29)21(30)28-9-11-31-12-10-28/h3-6,16,26H,2,7-14H2,1H3/t16-/m0/s1. The molecule has 0 bridgehead atoms. The molecule has 7 nitrogen and oxygen atoms in total. The van der Waals surface area contributed by atoms with Crippen molar-refractivity contribution in [2.75, 3.05) is 26.3 Å². The Bertz CT molecular complexity index is 954. The zero-order valence-corrected chi connectivity index (χ0v) is 18.0. The number of fused-ring (bicyclic) bond motifs is 1. The molecule has 0 radical (unpaired) electrons. The first-order valence-corrected chi connectivity index (χ1v) is 10.9. The number of amides is 1. The predicted molar refractivity (Wildman–Crippen MR) is 110 cm³/mol. The van der Waals surface area contributed by atoms with Crippen molar-refractivity contribution < 1.29 is 27.4 Å². The lowest BCUT2D eigenvalue weighted by Crippen LogP contribution is -2.41. The minimum absolute atomic E-state index is 0.0205. The molecule has 1 amide bonds. The van der Waals surface area contributed by atoms with Crippen LogP contribution >= 0.6 is 0 Å². The van der Waals surface area contributed by atoms with Gasteiger partial charge in [-0.2, -0.15) is 5.10 Å². The van der Waals surface area contributed by atoms with Gasteiger partial charge in [-0.25, -0.2) is 0 Å². The molecule has 1 aliphatic heterocycles. The number of aryl methyl sites for hydroxylation is 1. The van der Waals surface area contributed by atoms with Crippen molar-refractivity contribution in [3.05, 3.63) is 46.8 Å². The molecule has 0 spiro atoms. The minimum atomic E-state index is -4.74. The Morgan fingerprint density at radius 2 is 2.03 bits per heavy atom. The molecule has 0 unspecified atom stereocenters. The second kappa shape index (κ2) is 9.50. The molecule has 2 aliphatic rings. The van der Waals surface area contributed by atoms with Crippen LogP contribution in [0.25, 0.3) is 0 Å². The monoisotopic (exact) mass is 452 g/mol. The van der Waals surface area contributed by atoms with Crippen molar-refractivity contribution in [3.8, 4) is 5.75 Å². The van der Waals surface area contributed by atoms with Crippen LogP contribution in [0.1, 0.15) is 40.7 Å². The van der Waals surface area contributed by atoms with Crippen molar-refractivity contribution in [3.63, 3.8) is 0 Å². The van der Waals surface area contributed by atoms with Crippen LogP contribution in [0.15, 0.2) is 24.3 Å². The molecule has 2 heterocycles. The van der Waals surface area contributed by atoms with E-state index in [9.17, 15) is 18.0 Å². The van der Waals surface area contributed by atoms with E-state index in [-0.39, 0.29) is 24.2 Å². The Morgan fingerprint density at radius 1 is 1.28 bits per heavy atom. The third-order valence-corrected chi connectivity index (χ3v) is 5.93. The maximum atomic E-state index is 13.1. The average molecular weight is 452 g/mol. The van der Waals surface area contributed by atoms with E-state index < -0.39 is 6.36 Å². The molecule has 1 aromatic heterocycles. The van der Waals surface area contributed by atoms with Crippen molar-refractivity contribution >= 4 is 5.91 Å². The Kier molecular flexibility index (Phi) is 6.71. The quantitative estimate of drug-likeness (QED) is 0.730. The van der Waals surface area contributed by atoms with Crippen LogP contribution < -0.4 is 10.1 Å². The average Bonchev–Trinajstić information content (AvgIpc) is 3.15. The molecule has 1 aliphatic carbocycles. The smallest absolute Gasteiger partial charge is 0.405 e. The van der Waals surface area contributed by atoms with Gasteiger partial charge in [0.25, 0.3) is 5.91 Å². The minimum Gasteiger partial charge on any atom is -0.405 e. The van der Waals surface area contributed by atoms with Crippen LogP contribution in [0, 0.1) is 0 Å². The van der Waals surface area contributed by atoms with Gasteiger partial charge in [0.05, 0.1) is 13.2 Å². The number of halogens is 3. The topological polar surface area (TPSA) is 68.6 Å². The van der Waals surface area contributed by atoms with E-state index in [1.54, 1.807) is 17.0 Å². The summed E-state index contributed by atoms with van der Waals surface area (Å²) in [6, 6.07) is 6.15. The zero-order chi connectivity index (χ0) is 22.7. The molecule has 10 heteroatoms. The zero-order valence-electron chi connectivity index (χ0n) is 18.0. The Morgan fingerprint density at radius 3 is 2.75 bits per heavy atom. The normalized spacial score (nSPS) is 19.0. The maximum Gasteiger partial charge on any atom is 0.573 e. The fourth-order valence-corrected chi connectivity index (χ4v) is 4.34. The number of carbonyl (C=O) groups is 1. The van der Waals surface area contributed by atoms with Crippen LogP contribution in [0.3, 0.4) is 0 Å². The number of carbonyl (C=O) groups excluding carboxylic acids is 1. The first-order valence-electron chi connectivity index (χ1n) is 10.9. The van der Waals surface area contributed by atoms with Crippen LogP contribution in [-0.2, 0) is 30.7 Å². The molecular weight excluding hydrogens is 425 g/mol. The SMILES string of the molecule is CCn1nc(C(=O)N2CCOCC2)c2c1CC[C@H](NCc1ccccc1OC(F)(F)F)C2. The second-order valence-corrected chi connectivity index (χ2v) is 7.97. The summed E-state index contributed by atoms with van der Waals surface area (Å²) in [7, 11) is 0. The maximum absolute atomic E-state index is 13.1. The number of para-hydroxylation sites is 1. The summed E-state index contributed by atoms with van der Waals surface area (Å²) in [5.41, 5.74) is 2.93. The highest BCUT2D eigenvalue weighted by Gasteiger charge is 2.33. The molecule has 32 heavy (non-hydrogen) atoms. The molecule has 1 aromatic carbocycles. The van der Waals surface area contributed by atoms with Crippen LogP contribution in [0.4, 0.5) is 13.2 Å². The second-order valence-electron chi connectivity index (χ2n) is 7.97. The van der Waals surface area contributed by atoms with E-state index >= 15 is 0 Å². The molecule has 1 N–H and O–H groups in total. The number of alkyl halides is 3. The third-order valence-electron chi connectivity index (χ3n) is 5.93. The van der Waals surface area contributed by atoms with Crippen LogP contribution in [0.5, 0.6) is 5.75 Å². The number of morpholine rings is 1. The number of hydrogen-bond donors (Lipinski definition) is 1. The number of hydrogen-bond acceptors (Lipinski definition) is 5. The number of benzene rings is 1. The van der Waals surface area contributed by atoms with Gasteiger partial charge in [-0.15, -0.1) is 13.2 Å². The number of aromatic nitrogens is 2. The van der Waals surface area contributed by atoms with Crippen LogP contribution in [0.2, 0.25) is 0 Å². The van der Waals surface area contributed by atoms with Crippen molar-refractivity contribution in [2.45, 2.75) is 51.7 Å². The van der Waals surface area contributed by atoms with E-state index in [1.807, 2.05) is 11.6 Å². The molecule has 1 atom stereocenters. The Labute approximate surface area is 184 Å². The Hall–Kier alpha value is -2.59. The summed E-state index contributed by atoms with van der Waals surface area (Å²) < 4.78 is 49.5. The summed E-state index contributed by atoms with van der Waals surface area (Å²) in [5, 5.41) is 7.95. The van der Waals surface area contributed by atoms with Crippen molar-refractivity contribution in [2.24, 2.45) is 0 Å². The van der Waals surface area contributed by atoms with Crippen molar-refractivity contribution in [1.29, 1.82) is 0 Å². The van der Waals surface area contributed by atoms with E-state index in [1.165, 1.54) is 12.1 Å². The highest BCUT2D eigenvalue weighted by molar-refractivity contribution is 5.94. The molecular formula is C22H27F3N4O3. The van der Waals surface area contributed by atoms with E-state index in [0.29, 0.717) is 50.5 Å². The molecule has 1 fully saturated rings. The third kappa shape index (κ3) is 5.07. The van der Waals surface area contributed by atoms with Gasteiger partial charge in [0.2, 0.25) is 0 Å². The lowest BCUT2D eigenvalue weighted by atomic mass is 9.90.